The summed E-state index contributed by atoms with van der Waals surface area (Å²) in [6.07, 6.45) is 1.10. The number of rotatable bonds is 9. The Hall–Kier alpha value is -0.540. The molecule has 1 unspecified atom stereocenters. The van der Waals surface area contributed by atoms with E-state index in [4.69, 9.17) is 4.74 Å². The minimum atomic E-state index is 0.671. The van der Waals surface area contributed by atoms with Crippen LogP contribution in [-0.2, 0) is 0 Å². The first kappa shape index (κ1) is 17.5. The van der Waals surface area contributed by atoms with Crippen molar-refractivity contribution in [1.29, 1.82) is 0 Å². The zero-order valence-corrected chi connectivity index (χ0v) is 14.7. The van der Waals surface area contributed by atoms with Crippen LogP contribution < -0.4 is 10.1 Å². The summed E-state index contributed by atoms with van der Waals surface area (Å²) >= 11 is 3.43. The van der Waals surface area contributed by atoms with Gasteiger partial charge in [0.25, 0.3) is 0 Å². The van der Waals surface area contributed by atoms with Gasteiger partial charge < -0.3 is 10.1 Å². The number of hydrogen-bond donors (Lipinski definition) is 1. The largest absolute Gasteiger partial charge is 0.494 e. The standard InChI is InChI=1S/C17H28BrNO/c1-13(2)11-19-12-15(14(3)4)9-10-20-17-7-5-16(18)6-8-17/h5-8,13-15,19H,9-12H2,1-4H3. The molecule has 114 valence electrons. The summed E-state index contributed by atoms with van der Waals surface area (Å²) in [6, 6.07) is 8.04. The summed E-state index contributed by atoms with van der Waals surface area (Å²) in [6.45, 7) is 12.0. The first-order valence-electron chi connectivity index (χ1n) is 7.58. The maximum Gasteiger partial charge on any atom is 0.119 e. The SMILES string of the molecule is CC(C)CNCC(CCOc1ccc(Br)cc1)C(C)C. The molecule has 0 heterocycles. The Balaban J connectivity index is 2.29. The predicted octanol–water partition coefficient (Wildman–Crippen LogP) is 4.74. The van der Waals surface area contributed by atoms with Gasteiger partial charge in [-0.25, -0.2) is 0 Å². The molecule has 0 amide bonds. The summed E-state index contributed by atoms with van der Waals surface area (Å²) in [5.74, 6) is 3.01. The zero-order chi connectivity index (χ0) is 15.0. The van der Waals surface area contributed by atoms with Crippen molar-refractivity contribution in [3.63, 3.8) is 0 Å². The van der Waals surface area contributed by atoms with E-state index in [0.717, 1.165) is 36.3 Å². The average Bonchev–Trinajstić information content (AvgIpc) is 2.38. The Morgan fingerprint density at radius 2 is 1.70 bits per heavy atom. The van der Waals surface area contributed by atoms with Crippen molar-refractivity contribution < 1.29 is 4.74 Å². The lowest BCUT2D eigenvalue weighted by molar-refractivity contribution is 0.242. The molecule has 1 aromatic carbocycles. The van der Waals surface area contributed by atoms with Crippen molar-refractivity contribution >= 4 is 15.9 Å². The highest BCUT2D eigenvalue weighted by atomic mass is 79.9. The second kappa shape index (κ2) is 9.41. The van der Waals surface area contributed by atoms with Crippen LogP contribution in [0.15, 0.2) is 28.7 Å². The third-order valence-corrected chi connectivity index (χ3v) is 4.00. The van der Waals surface area contributed by atoms with E-state index in [1.165, 1.54) is 0 Å². The molecular weight excluding hydrogens is 314 g/mol. The smallest absolute Gasteiger partial charge is 0.119 e. The number of ether oxygens (including phenoxy) is 1. The molecular formula is C17H28BrNO. The molecule has 0 aliphatic heterocycles. The quantitative estimate of drug-likeness (QED) is 0.700. The van der Waals surface area contributed by atoms with E-state index >= 15 is 0 Å². The summed E-state index contributed by atoms with van der Waals surface area (Å²) in [5, 5.41) is 3.56. The first-order valence-corrected chi connectivity index (χ1v) is 8.37. The Morgan fingerprint density at radius 1 is 1.05 bits per heavy atom. The lowest BCUT2D eigenvalue weighted by Crippen LogP contribution is -2.30. The lowest BCUT2D eigenvalue weighted by atomic mass is 9.92. The van der Waals surface area contributed by atoms with Crippen molar-refractivity contribution in [2.24, 2.45) is 17.8 Å². The monoisotopic (exact) mass is 341 g/mol. The van der Waals surface area contributed by atoms with Crippen LogP contribution in [0.4, 0.5) is 0 Å². The maximum absolute atomic E-state index is 5.82. The molecule has 20 heavy (non-hydrogen) atoms. The van der Waals surface area contributed by atoms with Crippen LogP contribution in [0.25, 0.3) is 0 Å². The minimum absolute atomic E-state index is 0.671. The van der Waals surface area contributed by atoms with Crippen LogP contribution in [0.5, 0.6) is 5.75 Å². The van der Waals surface area contributed by atoms with Gasteiger partial charge in [-0.3, -0.25) is 0 Å². The van der Waals surface area contributed by atoms with Gasteiger partial charge in [0, 0.05) is 4.47 Å². The summed E-state index contributed by atoms with van der Waals surface area (Å²) < 4.78 is 6.91. The van der Waals surface area contributed by atoms with E-state index < -0.39 is 0 Å². The van der Waals surface area contributed by atoms with Gasteiger partial charge in [-0.15, -0.1) is 0 Å². The molecule has 0 aromatic heterocycles. The molecule has 0 saturated heterocycles. The Bertz CT molecular complexity index is 362. The molecule has 0 spiro atoms. The lowest BCUT2D eigenvalue weighted by Gasteiger charge is -2.22. The second-order valence-corrected chi connectivity index (χ2v) is 7.06. The average molecular weight is 342 g/mol. The Kier molecular flexibility index (Phi) is 8.24. The third-order valence-electron chi connectivity index (χ3n) is 3.47. The van der Waals surface area contributed by atoms with Crippen LogP contribution in [0.2, 0.25) is 0 Å². The molecule has 1 N–H and O–H groups in total. The first-order chi connectivity index (χ1) is 9.49. The molecule has 1 atom stereocenters. The van der Waals surface area contributed by atoms with Crippen molar-refractivity contribution in [2.45, 2.75) is 34.1 Å². The molecule has 0 aliphatic rings. The van der Waals surface area contributed by atoms with Crippen LogP contribution >= 0.6 is 15.9 Å². The number of halogens is 1. The highest BCUT2D eigenvalue weighted by Crippen LogP contribution is 2.18. The van der Waals surface area contributed by atoms with Gasteiger partial charge in [0.15, 0.2) is 0 Å². The fourth-order valence-electron chi connectivity index (χ4n) is 2.09. The predicted molar refractivity (Wildman–Crippen MR) is 90.3 cm³/mol. The zero-order valence-electron chi connectivity index (χ0n) is 13.2. The van der Waals surface area contributed by atoms with E-state index in [1.54, 1.807) is 0 Å². The van der Waals surface area contributed by atoms with E-state index in [2.05, 4.69) is 48.9 Å². The second-order valence-electron chi connectivity index (χ2n) is 6.15. The van der Waals surface area contributed by atoms with Crippen molar-refractivity contribution in [2.75, 3.05) is 19.7 Å². The summed E-state index contributed by atoms with van der Waals surface area (Å²) in [5.41, 5.74) is 0. The van der Waals surface area contributed by atoms with Gasteiger partial charge in [-0.1, -0.05) is 43.6 Å². The van der Waals surface area contributed by atoms with Crippen molar-refractivity contribution in [1.82, 2.24) is 5.32 Å². The molecule has 0 saturated carbocycles. The number of nitrogens with one attached hydrogen (secondary N) is 1. The van der Waals surface area contributed by atoms with Gasteiger partial charge in [0.1, 0.15) is 5.75 Å². The molecule has 0 bridgehead atoms. The maximum atomic E-state index is 5.82. The fraction of sp³-hybridized carbons (Fsp3) is 0.647. The molecule has 0 radical (unpaired) electrons. The molecule has 3 heteroatoms. The summed E-state index contributed by atoms with van der Waals surface area (Å²) in [7, 11) is 0. The van der Waals surface area contributed by atoms with Crippen LogP contribution in [0, 0.1) is 17.8 Å². The highest BCUT2D eigenvalue weighted by molar-refractivity contribution is 9.10. The van der Waals surface area contributed by atoms with Crippen LogP contribution in [0.1, 0.15) is 34.1 Å². The van der Waals surface area contributed by atoms with Gasteiger partial charge in [0.05, 0.1) is 6.61 Å². The van der Waals surface area contributed by atoms with E-state index in [-0.39, 0.29) is 0 Å². The normalized spacial score (nSPS) is 12.9. The number of hydrogen-bond acceptors (Lipinski definition) is 2. The third kappa shape index (κ3) is 7.30. The van der Waals surface area contributed by atoms with Gasteiger partial charge in [-0.2, -0.15) is 0 Å². The van der Waals surface area contributed by atoms with E-state index in [9.17, 15) is 0 Å². The molecule has 2 nitrogen and oxygen atoms in total. The minimum Gasteiger partial charge on any atom is -0.494 e. The molecule has 1 aromatic rings. The summed E-state index contributed by atoms with van der Waals surface area (Å²) in [4.78, 5) is 0. The van der Waals surface area contributed by atoms with Crippen LogP contribution in [0.3, 0.4) is 0 Å². The van der Waals surface area contributed by atoms with Crippen molar-refractivity contribution in [3.05, 3.63) is 28.7 Å². The van der Waals surface area contributed by atoms with Gasteiger partial charge >= 0.3 is 0 Å². The van der Waals surface area contributed by atoms with Gasteiger partial charge in [0.2, 0.25) is 0 Å². The topological polar surface area (TPSA) is 21.3 Å². The Labute approximate surface area is 132 Å². The van der Waals surface area contributed by atoms with Gasteiger partial charge in [-0.05, 0) is 61.5 Å². The van der Waals surface area contributed by atoms with E-state index in [1.807, 2.05) is 24.3 Å². The fourth-order valence-corrected chi connectivity index (χ4v) is 2.35. The molecule has 0 aliphatic carbocycles. The highest BCUT2D eigenvalue weighted by Gasteiger charge is 2.13. The van der Waals surface area contributed by atoms with Crippen LogP contribution in [-0.4, -0.2) is 19.7 Å². The molecule has 0 fully saturated rings. The molecule has 1 rings (SSSR count). The Morgan fingerprint density at radius 3 is 2.25 bits per heavy atom. The number of benzene rings is 1. The van der Waals surface area contributed by atoms with E-state index in [0.29, 0.717) is 17.8 Å². The van der Waals surface area contributed by atoms with Crippen molar-refractivity contribution in [3.8, 4) is 5.75 Å².